The summed E-state index contributed by atoms with van der Waals surface area (Å²) >= 11 is 6.06. The molecule has 2 atom stereocenters. The maximum atomic E-state index is 15.2. The molecule has 3 rings (SSSR count). The molecule has 0 unspecified atom stereocenters. The number of hydrogen-bond donors (Lipinski definition) is 3. The lowest BCUT2D eigenvalue weighted by atomic mass is 9.99. The van der Waals surface area contributed by atoms with Crippen molar-refractivity contribution < 1.29 is 19.2 Å². The number of halogens is 2. The number of fused-ring (bicyclic) bond motifs is 1. The van der Waals surface area contributed by atoms with Crippen LogP contribution < -0.4 is 15.8 Å². The van der Waals surface area contributed by atoms with E-state index < -0.39 is 17.6 Å². The number of anilines is 2. The quantitative estimate of drug-likeness (QED) is 0.205. The highest BCUT2D eigenvalue weighted by atomic mass is 35.5. The normalized spacial score (nSPS) is 19.8. The fraction of sp³-hybridized carbons (Fsp3) is 0.700. The summed E-state index contributed by atoms with van der Waals surface area (Å²) in [6.45, 7) is 4.99. The van der Waals surface area contributed by atoms with Crippen molar-refractivity contribution in [2.75, 3.05) is 43.0 Å². The zero-order valence-electron chi connectivity index (χ0n) is 18.3. The highest BCUT2D eigenvalue weighted by molar-refractivity contribution is 6.28. The van der Waals surface area contributed by atoms with Gasteiger partial charge in [-0.1, -0.05) is 26.2 Å². The summed E-state index contributed by atoms with van der Waals surface area (Å²) in [4.78, 5) is 35.6. The molecule has 0 bridgehead atoms. The van der Waals surface area contributed by atoms with Crippen LogP contribution in [0.25, 0.3) is 0 Å². The molecule has 0 aliphatic carbocycles. The average molecular weight is 472 g/mol. The second-order valence-electron chi connectivity index (χ2n) is 8.29. The van der Waals surface area contributed by atoms with E-state index in [-0.39, 0.29) is 29.9 Å². The van der Waals surface area contributed by atoms with Gasteiger partial charge in [-0.2, -0.15) is 14.4 Å². The van der Waals surface area contributed by atoms with E-state index in [0.29, 0.717) is 30.6 Å². The van der Waals surface area contributed by atoms with Crippen LogP contribution in [0.3, 0.4) is 0 Å². The van der Waals surface area contributed by atoms with Gasteiger partial charge in [-0.05, 0) is 37.4 Å². The number of rotatable bonds is 10. The molecule has 178 valence electrons. The maximum Gasteiger partial charge on any atom is 0.243 e. The Morgan fingerprint density at radius 1 is 1.38 bits per heavy atom. The first-order chi connectivity index (χ1) is 15.4. The highest BCUT2D eigenvalue weighted by Crippen LogP contribution is 2.28. The fourth-order valence-corrected chi connectivity index (χ4v) is 4.46. The van der Waals surface area contributed by atoms with Crippen LogP contribution in [-0.4, -0.2) is 76.2 Å². The van der Waals surface area contributed by atoms with E-state index in [9.17, 15) is 14.8 Å². The monoisotopic (exact) mass is 471 g/mol. The van der Waals surface area contributed by atoms with Gasteiger partial charge in [0.25, 0.3) is 0 Å². The average Bonchev–Trinajstić information content (AvgIpc) is 2.81. The van der Waals surface area contributed by atoms with Gasteiger partial charge in [-0.3, -0.25) is 30.5 Å². The van der Waals surface area contributed by atoms with E-state index in [1.807, 2.05) is 11.8 Å². The Labute approximate surface area is 192 Å². The number of aromatic nitrogens is 2. The fourth-order valence-electron chi connectivity index (χ4n) is 4.30. The molecule has 0 saturated carbocycles. The van der Waals surface area contributed by atoms with Crippen LogP contribution in [0.15, 0.2) is 0 Å². The number of nitrogens with one attached hydrogen (secondary N) is 2. The van der Waals surface area contributed by atoms with Crippen molar-refractivity contribution in [1.82, 2.24) is 25.4 Å². The van der Waals surface area contributed by atoms with Crippen molar-refractivity contribution in [3.8, 4) is 0 Å². The Morgan fingerprint density at radius 3 is 2.94 bits per heavy atom. The molecule has 3 N–H and O–H groups in total. The minimum absolute atomic E-state index is 0.108. The Kier molecular flexibility index (Phi) is 8.83. The summed E-state index contributed by atoms with van der Waals surface area (Å²) in [6.07, 6.45) is 5.70. The number of hydrazine groups is 1. The summed E-state index contributed by atoms with van der Waals surface area (Å²) in [5.74, 6) is -1.98. The molecular formula is C20H31ClFN7O3. The van der Waals surface area contributed by atoms with Crippen molar-refractivity contribution in [1.29, 1.82) is 0 Å². The summed E-state index contributed by atoms with van der Waals surface area (Å²) in [5, 5.41) is 9.75. The highest BCUT2D eigenvalue weighted by Gasteiger charge is 2.31. The van der Waals surface area contributed by atoms with Crippen molar-refractivity contribution in [3.05, 3.63) is 11.1 Å². The summed E-state index contributed by atoms with van der Waals surface area (Å²) < 4.78 is 15.2. The van der Waals surface area contributed by atoms with Crippen molar-refractivity contribution in [2.45, 2.75) is 51.5 Å². The second kappa shape index (κ2) is 11.6. The zero-order chi connectivity index (χ0) is 23.1. The van der Waals surface area contributed by atoms with Crippen LogP contribution >= 0.6 is 11.6 Å². The third-order valence-corrected chi connectivity index (χ3v) is 6.22. The van der Waals surface area contributed by atoms with Crippen LogP contribution in [0.2, 0.25) is 5.28 Å². The van der Waals surface area contributed by atoms with Gasteiger partial charge >= 0.3 is 0 Å². The Morgan fingerprint density at radius 2 is 2.19 bits per heavy atom. The van der Waals surface area contributed by atoms with E-state index in [2.05, 4.69) is 25.7 Å². The molecule has 10 nitrogen and oxygen atoms in total. The summed E-state index contributed by atoms with van der Waals surface area (Å²) in [5.41, 5.74) is 4.92. The Balaban J connectivity index is 1.68. The molecule has 0 radical (unpaired) electrons. The third kappa shape index (κ3) is 6.17. The molecule has 2 saturated heterocycles. The predicted molar refractivity (Wildman–Crippen MR) is 118 cm³/mol. The number of piperazine rings is 1. The van der Waals surface area contributed by atoms with Gasteiger partial charge < -0.3 is 4.90 Å². The van der Waals surface area contributed by atoms with Gasteiger partial charge in [0.15, 0.2) is 11.6 Å². The predicted octanol–water partition coefficient (Wildman–Crippen LogP) is 2.04. The molecule has 0 aromatic carbocycles. The lowest BCUT2D eigenvalue weighted by Crippen LogP contribution is -2.55. The Bertz CT molecular complexity index is 803. The largest absolute Gasteiger partial charge is 0.351 e. The van der Waals surface area contributed by atoms with E-state index >= 15 is 4.39 Å². The number of unbranched alkanes of at least 4 members (excludes halogenated alkanes) is 1. The van der Waals surface area contributed by atoms with Gasteiger partial charge in [0.1, 0.15) is 0 Å². The molecule has 2 aliphatic heterocycles. The number of hydrogen-bond acceptors (Lipinski definition) is 8. The standard InChI is InChI=1S/C20H31ClFN7O3/c1-2-3-6-14(11-29(32)13-30)19(31)26-25-17-16(22)18(24-20(21)23-17)28-10-9-27-8-5-4-7-15(27)12-28/h13-15,32H,2-12H2,1H3,(H,26,31)(H,23,24,25)/t14-,15-/m1/s1. The first kappa shape index (κ1) is 24.4. The van der Waals surface area contributed by atoms with Gasteiger partial charge in [0.2, 0.25) is 23.4 Å². The van der Waals surface area contributed by atoms with E-state index in [0.717, 1.165) is 38.8 Å². The minimum atomic E-state index is -0.694. The lowest BCUT2D eigenvalue weighted by molar-refractivity contribution is -0.154. The molecule has 12 heteroatoms. The summed E-state index contributed by atoms with van der Waals surface area (Å²) in [7, 11) is 0. The maximum absolute atomic E-state index is 15.2. The second-order valence-corrected chi connectivity index (χ2v) is 8.63. The lowest BCUT2D eigenvalue weighted by Gasteiger charge is -2.44. The van der Waals surface area contributed by atoms with Gasteiger partial charge in [0, 0.05) is 25.7 Å². The molecule has 3 heterocycles. The summed E-state index contributed by atoms with van der Waals surface area (Å²) in [6, 6.07) is 0.361. The van der Waals surface area contributed by atoms with Crippen LogP contribution in [0, 0.1) is 11.7 Å². The van der Waals surface area contributed by atoms with Crippen LogP contribution in [0.4, 0.5) is 16.0 Å². The van der Waals surface area contributed by atoms with E-state index in [1.165, 1.54) is 6.42 Å². The van der Waals surface area contributed by atoms with Gasteiger partial charge in [-0.25, -0.2) is 5.06 Å². The number of hydroxylamine groups is 2. The molecule has 2 fully saturated rings. The smallest absolute Gasteiger partial charge is 0.243 e. The number of amides is 2. The number of carbonyl (C=O) groups is 2. The van der Waals surface area contributed by atoms with Gasteiger partial charge in [0.05, 0.1) is 12.5 Å². The molecular weight excluding hydrogens is 441 g/mol. The molecule has 2 amide bonds. The van der Waals surface area contributed by atoms with Crippen LogP contribution in [0.5, 0.6) is 0 Å². The SMILES string of the molecule is CCCC[C@H](CN(O)C=O)C(=O)NNc1nc(Cl)nc(N2CCN3CCCC[C@@H]3C2)c1F. The minimum Gasteiger partial charge on any atom is -0.351 e. The number of nitrogens with zero attached hydrogens (tertiary/aromatic N) is 5. The van der Waals surface area contributed by atoms with Crippen molar-refractivity contribution in [3.63, 3.8) is 0 Å². The molecule has 32 heavy (non-hydrogen) atoms. The molecule has 0 spiro atoms. The van der Waals surface area contributed by atoms with Crippen molar-refractivity contribution >= 4 is 35.6 Å². The third-order valence-electron chi connectivity index (χ3n) is 6.05. The van der Waals surface area contributed by atoms with E-state index in [4.69, 9.17) is 11.6 Å². The topological polar surface area (TPSA) is 114 Å². The number of carbonyl (C=O) groups excluding carboxylic acids is 2. The first-order valence-electron chi connectivity index (χ1n) is 11.1. The van der Waals surface area contributed by atoms with Gasteiger partial charge in [-0.15, -0.1) is 0 Å². The van der Waals surface area contributed by atoms with Crippen LogP contribution in [-0.2, 0) is 9.59 Å². The molecule has 1 aromatic heterocycles. The molecule has 1 aromatic rings. The molecule has 2 aliphatic rings. The Hall–Kier alpha value is -2.24. The first-order valence-corrected chi connectivity index (χ1v) is 11.5. The van der Waals surface area contributed by atoms with Crippen molar-refractivity contribution in [2.24, 2.45) is 5.92 Å². The number of piperidine rings is 1. The van der Waals surface area contributed by atoms with E-state index in [1.54, 1.807) is 0 Å². The van der Waals surface area contributed by atoms with Crippen LogP contribution in [0.1, 0.15) is 45.4 Å². The zero-order valence-corrected chi connectivity index (χ0v) is 19.0.